The second-order valence-corrected chi connectivity index (χ2v) is 4.35. The summed E-state index contributed by atoms with van der Waals surface area (Å²) in [6, 6.07) is 4.02. The van der Waals surface area contributed by atoms with E-state index >= 15 is 0 Å². The lowest BCUT2D eigenvalue weighted by atomic mass is 10.0. The van der Waals surface area contributed by atoms with Crippen molar-refractivity contribution in [1.82, 2.24) is 9.97 Å². The van der Waals surface area contributed by atoms with Crippen LogP contribution in [0.3, 0.4) is 0 Å². The van der Waals surface area contributed by atoms with E-state index in [1.54, 1.807) is 12.3 Å². The Morgan fingerprint density at radius 3 is 2.94 bits per heavy atom. The molecule has 0 amide bonds. The summed E-state index contributed by atoms with van der Waals surface area (Å²) in [6.45, 7) is 2.17. The Bertz CT molecular complexity index is 390. The van der Waals surface area contributed by atoms with Gasteiger partial charge in [0.15, 0.2) is 0 Å². The Morgan fingerprint density at radius 2 is 2.25 bits per heavy atom. The summed E-state index contributed by atoms with van der Waals surface area (Å²) >= 11 is 0. The zero-order chi connectivity index (χ0) is 11.4. The predicted molar refractivity (Wildman–Crippen MR) is 61.8 cm³/mol. The number of aromatic nitrogens is 2. The first-order valence-electron chi connectivity index (χ1n) is 5.79. The Labute approximate surface area is 95.7 Å². The van der Waals surface area contributed by atoms with E-state index in [1.807, 2.05) is 6.07 Å². The lowest BCUT2D eigenvalue weighted by Crippen LogP contribution is -2.25. The van der Waals surface area contributed by atoms with Crippen LogP contribution in [-0.4, -0.2) is 16.0 Å². The van der Waals surface area contributed by atoms with E-state index in [2.05, 4.69) is 22.2 Å². The van der Waals surface area contributed by atoms with Gasteiger partial charge in [0.25, 0.3) is 0 Å². The van der Waals surface area contributed by atoms with Gasteiger partial charge in [-0.25, -0.2) is 9.97 Å². The van der Waals surface area contributed by atoms with E-state index in [1.165, 1.54) is 25.7 Å². The fourth-order valence-electron chi connectivity index (χ4n) is 2.27. The summed E-state index contributed by atoms with van der Waals surface area (Å²) in [5, 5.41) is 12.0. The fourth-order valence-corrected chi connectivity index (χ4v) is 2.27. The van der Waals surface area contributed by atoms with Crippen molar-refractivity contribution < 1.29 is 0 Å². The van der Waals surface area contributed by atoms with Crippen LogP contribution in [0, 0.1) is 17.2 Å². The van der Waals surface area contributed by atoms with Gasteiger partial charge >= 0.3 is 0 Å². The van der Waals surface area contributed by atoms with Crippen LogP contribution in [0.5, 0.6) is 0 Å². The van der Waals surface area contributed by atoms with Crippen LogP contribution in [-0.2, 0) is 0 Å². The maximum absolute atomic E-state index is 8.74. The highest BCUT2D eigenvalue weighted by Crippen LogP contribution is 2.28. The van der Waals surface area contributed by atoms with E-state index < -0.39 is 0 Å². The van der Waals surface area contributed by atoms with Gasteiger partial charge in [-0.3, -0.25) is 0 Å². The molecule has 0 aromatic carbocycles. The zero-order valence-corrected chi connectivity index (χ0v) is 9.48. The first-order valence-corrected chi connectivity index (χ1v) is 5.79. The minimum absolute atomic E-state index is 0.386. The van der Waals surface area contributed by atoms with Crippen molar-refractivity contribution in [3.8, 4) is 6.07 Å². The molecule has 0 bridgehead atoms. The van der Waals surface area contributed by atoms with Crippen molar-refractivity contribution in [2.24, 2.45) is 5.92 Å². The highest BCUT2D eigenvalue weighted by molar-refractivity contribution is 5.31. The third-order valence-electron chi connectivity index (χ3n) is 3.23. The van der Waals surface area contributed by atoms with Crippen LogP contribution in [0.4, 0.5) is 5.95 Å². The monoisotopic (exact) mass is 216 g/mol. The van der Waals surface area contributed by atoms with Gasteiger partial charge in [0.2, 0.25) is 5.95 Å². The highest BCUT2D eigenvalue weighted by Gasteiger charge is 2.21. The second kappa shape index (κ2) is 4.93. The molecule has 1 N–H and O–H groups in total. The van der Waals surface area contributed by atoms with Crippen molar-refractivity contribution in [2.45, 2.75) is 38.6 Å². The molecule has 0 aliphatic heterocycles. The summed E-state index contributed by atoms with van der Waals surface area (Å²) in [7, 11) is 0. The Hall–Kier alpha value is -1.63. The quantitative estimate of drug-likeness (QED) is 0.842. The number of nitrogens with one attached hydrogen (secondary N) is 1. The summed E-state index contributed by atoms with van der Waals surface area (Å²) in [4.78, 5) is 8.24. The molecule has 0 spiro atoms. The summed E-state index contributed by atoms with van der Waals surface area (Å²) < 4.78 is 0. The predicted octanol–water partition coefficient (Wildman–Crippen LogP) is 2.34. The summed E-state index contributed by atoms with van der Waals surface area (Å²) in [5.41, 5.74) is 0.413. The molecule has 4 heteroatoms. The van der Waals surface area contributed by atoms with Crippen LogP contribution in [0.25, 0.3) is 0 Å². The molecule has 16 heavy (non-hydrogen) atoms. The molecule has 2 rings (SSSR count). The van der Waals surface area contributed by atoms with Crippen LogP contribution in [0.1, 0.15) is 38.3 Å². The average Bonchev–Trinajstić information content (AvgIpc) is 2.83. The SMILES string of the molecule is CC(Nc1nccc(C#N)n1)C1CCCC1. The number of anilines is 1. The molecule has 1 unspecified atom stereocenters. The van der Waals surface area contributed by atoms with Gasteiger partial charge in [-0.2, -0.15) is 5.26 Å². The van der Waals surface area contributed by atoms with Crippen molar-refractivity contribution in [1.29, 1.82) is 5.26 Å². The topological polar surface area (TPSA) is 61.6 Å². The first kappa shape index (κ1) is 10.9. The van der Waals surface area contributed by atoms with Crippen LogP contribution in [0.15, 0.2) is 12.3 Å². The molecule has 1 aliphatic rings. The Balaban J connectivity index is 2.00. The minimum Gasteiger partial charge on any atom is -0.351 e. The van der Waals surface area contributed by atoms with E-state index in [0.29, 0.717) is 23.6 Å². The van der Waals surface area contributed by atoms with Gasteiger partial charge in [0.05, 0.1) is 0 Å². The van der Waals surface area contributed by atoms with Gasteiger partial charge < -0.3 is 5.32 Å². The molecule has 1 aliphatic carbocycles. The van der Waals surface area contributed by atoms with Gasteiger partial charge in [0, 0.05) is 12.2 Å². The lowest BCUT2D eigenvalue weighted by molar-refractivity contribution is 0.480. The third-order valence-corrected chi connectivity index (χ3v) is 3.23. The van der Waals surface area contributed by atoms with E-state index in [4.69, 9.17) is 5.26 Å². The standard InChI is InChI=1S/C12H16N4/c1-9(10-4-2-3-5-10)15-12-14-7-6-11(8-13)16-12/h6-7,9-10H,2-5H2,1H3,(H,14,15,16). The van der Waals surface area contributed by atoms with Crippen LogP contribution in [0.2, 0.25) is 0 Å². The minimum atomic E-state index is 0.386. The van der Waals surface area contributed by atoms with Gasteiger partial charge in [-0.15, -0.1) is 0 Å². The molecular formula is C12H16N4. The van der Waals surface area contributed by atoms with E-state index in [9.17, 15) is 0 Å². The number of nitrogens with zero attached hydrogens (tertiary/aromatic N) is 3. The third kappa shape index (κ3) is 2.48. The number of hydrogen-bond donors (Lipinski definition) is 1. The molecule has 1 fully saturated rings. The normalized spacial score (nSPS) is 18.0. The zero-order valence-electron chi connectivity index (χ0n) is 9.48. The molecular weight excluding hydrogens is 200 g/mol. The number of hydrogen-bond acceptors (Lipinski definition) is 4. The Morgan fingerprint density at radius 1 is 1.50 bits per heavy atom. The van der Waals surface area contributed by atoms with Crippen molar-refractivity contribution >= 4 is 5.95 Å². The molecule has 1 atom stereocenters. The first-order chi connectivity index (χ1) is 7.79. The molecule has 1 aromatic rings. The molecule has 1 saturated carbocycles. The highest BCUT2D eigenvalue weighted by atomic mass is 15.1. The van der Waals surface area contributed by atoms with Crippen molar-refractivity contribution in [3.05, 3.63) is 18.0 Å². The molecule has 0 radical (unpaired) electrons. The average molecular weight is 216 g/mol. The molecule has 4 nitrogen and oxygen atoms in total. The molecule has 84 valence electrons. The van der Waals surface area contributed by atoms with Gasteiger partial charge in [-0.05, 0) is 31.7 Å². The fraction of sp³-hybridized carbons (Fsp3) is 0.583. The van der Waals surface area contributed by atoms with Crippen molar-refractivity contribution in [2.75, 3.05) is 5.32 Å². The van der Waals surface area contributed by atoms with E-state index in [0.717, 1.165) is 0 Å². The maximum atomic E-state index is 8.74. The van der Waals surface area contributed by atoms with Crippen molar-refractivity contribution in [3.63, 3.8) is 0 Å². The van der Waals surface area contributed by atoms with E-state index in [-0.39, 0.29) is 0 Å². The van der Waals surface area contributed by atoms with Crippen LogP contribution >= 0.6 is 0 Å². The molecule has 0 saturated heterocycles. The second-order valence-electron chi connectivity index (χ2n) is 4.35. The number of rotatable bonds is 3. The summed E-state index contributed by atoms with van der Waals surface area (Å²) in [6.07, 6.45) is 6.85. The van der Waals surface area contributed by atoms with Gasteiger partial charge in [-0.1, -0.05) is 12.8 Å². The largest absolute Gasteiger partial charge is 0.351 e. The smallest absolute Gasteiger partial charge is 0.224 e. The summed E-state index contributed by atoms with van der Waals surface area (Å²) in [5.74, 6) is 1.28. The Kier molecular flexibility index (Phi) is 3.35. The van der Waals surface area contributed by atoms with Gasteiger partial charge in [0.1, 0.15) is 11.8 Å². The van der Waals surface area contributed by atoms with Crippen LogP contribution < -0.4 is 5.32 Å². The maximum Gasteiger partial charge on any atom is 0.224 e. The molecule has 1 heterocycles. The number of nitriles is 1. The molecule has 1 aromatic heterocycles. The lowest BCUT2D eigenvalue weighted by Gasteiger charge is -2.20.